The number of nitrogens with one attached hydrogen (secondary N) is 1. The van der Waals surface area contributed by atoms with Crippen molar-refractivity contribution in [1.29, 1.82) is 0 Å². The van der Waals surface area contributed by atoms with E-state index < -0.39 is 0 Å². The van der Waals surface area contributed by atoms with E-state index in [1.165, 1.54) is 11.3 Å². The predicted molar refractivity (Wildman–Crippen MR) is 64.7 cm³/mol. The summed E-state index contributed by atoms with van der Waals surface area (Å²) >= 11 is 1.53. The molecule has 1 fully saturated rings. The zero-order valence-electron chi connectivity index (χ0n) is 9.90. The lowest BCUT2D eigenvalue weighted by molar-refractivity contribution is -0.142. The minimum absolute atomic E-state index is 0.0300. The van der Waals surface area contributed by atoms with Gasteiger partial charge in [0.25, 0.3) is 0 Å². The maximum atomic E-state index is 12.0. The van der Waals surface area contributed by atoms with Crippen molar-refractivity contribution >= 4 is 23.2 Å². The van der Waals surface area contributed by atoms with Crippen molar-refractivity contribution in [2.75, 3.05) is 13.1 Å². The number of carbonyl (C=O) groups is 2. The SMILES string of the molecule is Cc1nc(CC(=O)N2CCNC(=O)C2C)cs1. The summed E-state index contributed by atoms with van der Waals surface area (Å²) < 4.78 is 0. The number of hydrogen-bond donors (Lipinski definition) is 1. The zero-order valence-corrected chi connectivity index (χ0v) is 10.7. The van der Waals surface area contributed by atoms with Crippen LogP contribution >= 0.6 is 11.3 Å². The fourth-order valence-corrected chi connectivity index (χ4v) is 2.48. The highest BCUT2D eigenvalue weighted by Gasteiger charge is 2.29. The van der Waals surface area contributed by atoms with Gasteiger partial charge in [0.05, 0.1) is 17.1 Å². The van der Waals surface area contributed by atoms with E-state index in [4.69, 9.17) is 0 Å². The first kappa shape index (κ1) is 12.0. The van der Waals surface area contributed by atoms with Crippen LogP contribution in [-0.4, -0.2) is 40.8 Å². The number of amides is 2. The summed E-state index contributed by atoms with van der Waals surface area (Å²) in [4.78, 5) is 29.4. The average molecular weight is 253 g/mol. The first-order valence-corrected chi connectivity index (χ1v) is 6.44. The average Bonchev–Trinajstić information content (AvgIpc) is 2.68. The maximum Gasteiger partial charge on any atom is 0.242 e. The van der Waals surface area contributed by atoms with E-state index >= 15 is 0 Å². The van der Waals surface area contributed by atoms with Gasteiger partial charge < -0.3 is 10.2 Å². The second-order valence-corrected chi connectivity index (χ2v) is 5.15. The highest BCUT2D eigenvalue weighted by atomic mass is 32.1. The summed E-state index contributed by atoms with van der Waals surface area (Å²) in [5.41, 5.74) is 0.788. The fraction of sp³-hybridized carbons (Fsp3) is 0.545. The number of rotatable bonds is 2. The van der Waals surface area contributed by atoms with Gasteiger partial charge in [-0.15, -0.1) is 11.3 Å². The molecule has 0 saturated carbocycles. The Balaban J connectivity index is 2.02. The van der Waals surface area contributed by atoms with Crippen molar-refractivity contribution in [2.24, 2.45) is 0 Å². The molecule has 1 unspecified atom stereocenters. The summed E-state index contributed by atoms with van der Waals surface area (Å²) in [6.07, 6.45) is 0.280. The van der Waals surface area contributed by atoms with Crippen LogP contribution in [0, 0.1) is 6.92 Å². The Morgan fingerprint density at radius 1 is 1.71 bits per heavy atom. The minimum Gasteiger partial charge on any atom is -0.353 e. The van der Waals surface area contributed by atoms with Crippen molar-refractivity contribution in [3.8, 4) is 0 Å². The van der Waals surface area contributed by atoms with E-state index in [0.717, 1.165) is 10.7 Å². The van der Waals surface area contributed by atoms with Crippen LogP contribution in [0.1, 0.15) is 17.6 Å². The van der Waals surface area contributed by atoms with Crippen molar-refractivity contribution in [1.82, 2.24) is 15.2 Å². The van der Waals surface area contributed by atoms with Gasteiger partial charge in [0.2, 0.25) is 11.8 Å². The Kier molecular flexibility index (Phi) is 3.42. The molecule has 0 spiro atoms. The second kappa shape index (κ2) is 4.83. The lowest BCUT2D eigenvalue weighted by Gasteiger charge is -2.32. The van der Waals surface area contributed by atoms with Crippen molar-refractivity contribution in [3.63, 3.8) is 0 Å². The Morgan fingerprint density at radius 2 is 2.47 bits per heavy atom. The monoisotopic (exact) mass is 253 g/mol. The van der Waals surface area contributed by atoms with E-state index in [1.807, 2.05) is 12.3 Å². The van der Waals surface area contributed by atoms with Crippen molar-refractivity contribution in [3.05, 3.63) is 16.1 Å². The van der Waals surface area contributed by atoms with Gasteiger partial charge in [-0.25, -0.2) is 4.98 Å². The lowest BCUT2D eigenvalue weighted by atomic mass is 10.2. The molecule has 0 bridgehead atoms. The molecule has 1 saturated heterocycles. The quantitative estimate of drug-likeness (QED) is 0.827. The van der Waals surface area contributed by atoms with Gasteiger partial charge in [-0.3, -0.25) is 9.59 Å². The first-order valence-electron chi connectivity index (χ1n) is 5.56. The lowest BCUT2D eigenvalue weighted by Crippen LogP contribution is -2.56. The van der Waals surface area contributed by atoms with E-state index in [-0.39, 0.29) is 24.3 Å². The van der Waals surface area contributed by atoms with Crippen LogP contribution in [0.3, 0.4) is 0 Å². The molecule has 1 aromatic rings. The standard InChI is InChI=1S/C11H15N3O2S/c1-7-11(16)12-3-4-14(7)10(15)5-9-6-17-8(2)13-9/h6-7H,3-5H2,1-2H3,(H,12,16). The van der Waals surface area contributed by atoms with Crippen LogP contribution in [0.25, 0.3) is 0 Å². The summed E-state index contributed by atoms with van der Waals surface area (Å²) in [5, 5.41) is 5.58. The Labute approximate surface area is 104 Å². The number of aromatic nitrogens is 1. The number of nitrogens with zero attached hydrogens (tertiary/aromatic N) is 2. The highest BCUT2D eigenvalue weighted by molar-refractivity contribution is 7.09. The van der Waals surface area contributed by atoms with Gasteiger partial charge in [-0.2, -0.15) is 0 Å². The summed E-state index contributed by atoms with van der Waals surface area (Å²) in [6, 6.07) is -0.379. The van der Waals surface area contributed by atoms with Crippen LogP contribution in [0.5, 0.6) is 0 Å². The van der Waals surface area contributed by atoms with Crippen molar-refractivity contribution < 1.29 is 9.59 Å². The van der Waals surface area contributed by atoms with Crippen LogP contribution in [0.2, 0.25) is 0 Å². The van der Waals surface area contributed by atoms with Gasteiger partial charge in [-0.1, -0.05) is 0 Å². The molecular formula is C11H15N3O2S. The third kappa shape index (κ3) is 2.63. The van der Waals surface area contributed by atoms with E-state index in [1.54, 1.807) is 11.8 Å². The molecule has 0 aliphatic carbocycles. The van der Waals surface area contributed by atoms with E-state index in [0.29, 0.717) is 13.1 Å². The van der Waals surface area contributed by atoms with Crippen LogP contribution in [0.4, 0.5) is 0 Å². The smallest absolute Gasteiger partial charge is 0.242 e. The number of hydrogen-bond acceptors (Lipinski definition) is 4. The summed E-state index contributed by atoms with van der Waals surface area (Å²) in [5.74, 6) is -0.114. The third-order valence-corrected chi connectivity index (χ3v) is 3.64. The zero-order chi connectivity index (χ0) is 12.4. The molecule has 1 atom stereocenters. The fourth-order valence-electron chi connectivity index (χ4n) is 1.87. The van der Waals surface area contributed by atoms with Crippen LogP contribution in [0.15, 0.2) is 5.38 Å². The molecule has 0 radical (unpaired) electrons. The number of aryl methyl sites for hydroxylation is 1. The normalized spacial score (nSPS) is 20.2. The Bertz CT molecular complexity index is 444. The van der Waals surface area contributed by atoms with Crippen molar-refractivity contribution in [2.45, 2.75) is 26.3 Å². The van der Waals surface area contributed by atoms with E-state index in [2.05, 4.69) is 10.3 Å². The van der Waals surface area contributed by atoms with Gasteiger partial charge >= 0.3 is 0 Å². The van der Waals surface area contributed by atoms with Gasteiger partial charge in [0.15, 0.2) is 0 Å². The molecule has 2 heterocycles. The van der Waals surface area contributed by atoms with Crippen LogP contribution in [-0.2, 0) is 16.0 Å². The van der Waals surface area contributed by atoms with Gasteiger partial charge in [-0.05, 0) is 13.8 Å². The van der Waals surface area contributed by atoms with Crippen LogP contribution < -0.4 is 5.32 Å². The molecule has 2 rings (SSSR count). The molecule has 0 aromatic carbocycles. The Hall–Kier alpha value is -1.43. The molecule has 6 heteroatoms. The molecule has 1 aliphatic heterocycles. The largest absolute Gasteiger partial charge is 0.353 e. The number of carbonyl (C=O) groups excluding carboxylic acids is 2. The van der Waals surface area contributed by atoms with Gasteiger partial charge in [0, 0.05) is 18.5 Å². The maximum absolute atomic E-state index is 12.0. The van der Waals surface area contributed by atoms with Gasteiger partial charge in [0.1, 0.15) is 6.04 Å². The molecule has 1 aromatic heterocycles. The number of piperazine rings is 1. The third-order valence-electron chi connectivity index (χ3n) is 2.82. The molecule has 2 amide bonds. The second-order valence-electron chi connectivity index (χ2n) is 4.09. The predicted octanol–water partition coefficient (Wildman–Crippen LogP) is 0.341. The summed E-state index contributed by atoms with van der Waals surface area (Å²) in [7, 11) is 0. The van der Waals surface area contributed by atoms with E-state index in [9.17, 15) is 9.59 Å². The molecule has 92 valence electrons. The molecule has 1 N–H and O–H groups in total. The summed E-state index contributed by atoms with van der Waals surface area (Å²) in [6.45, 7) is 4.77. The Morgan fingerprint density at radius 3 is 3.12 bits per heavy atom. The molecule has 5 nitrogen and oxygen atoms in total. The minimum atomic E-state index is -0.379. The number of thiazole rings is 1. The molecule has 17 heavy (non-hydrogen) atoms. The molecule has 1 aliphatic rings. The first-order chi connectivity index (χ1) is 8.08. The topological polar surface area (TPSA) is 62.3 Å². The molecular weight excluding hydrogens is 238 g/mol. The highest BCUT2D eigenvalue weighted by Crippen LogP contribution is 2.11.